The van der Waals surface area contributed by atoms with Gasteiger partial charge in [0.2, 0.25) is 5.91 Å². The van der Waals surface area contributed by atoms with Gasteiger partial charge in [-0.05, 0) is 12.3 Å². The minimum atomic E-state index is 0.0530. The van der Waals surface area contributed by atoms with Crippen LogP contribution in [-0.4, -0.2) is 29.2 Å². The summed E-state index contributed by atoms with van der Waals surface area (Å²) in [5.41, 5.74) is 0. The van der Waals surface area contributed by atoms with Crippen LogP contribution in [0.15, 0.2) is 0 Å². The molecule has 1 heterocycles. The molecule has 0 bridgehead atoms. The first-order valence-electron chi connectivity index (χ1n) is 5.03. The molecule has 13 heavy (non-hydrogen) atoms. The van der Waals surface area contributed by atoms with Gasteiger partial charge in [0, 0.05) is 19.0 Å². The Morgan fingerprint density at radius 3 is 2.77 bits per heavy atom. The maximum absolute atomic E-state index is 11.5. The first-order chi connectivity index (χ1) is 6.22. The van der Waals surface area contributed by atoms with E-state index < -0.39 is 0 Å². The van der Waals surface area contributed by atoms with Crippen molar-refractivity contribution in [3.05, 3.63) is 0 Å². The topological polar surface area (TPSA) is 37.4 Å². The van der Waals surface area contributed by atoms with Crippen LogP contribution in [0, 0.1) is 5.92 Å². The van der Waals surface area contributed by atoms with Gasteiger partial charge in [0.15, 0.2) is 0 Å². The Kier molecular flexibility index (Phi) is 2.10. The van der Waals surface area contributed by atoms with Crippen molar-refractivity contribution >= 4 is 11.7 Å². The molecule has 3 heteroatoms. The summed E-state index contributed by atoms with van der Waals surface area (Å²) >= 11 is 0. The predicted molar refractivity (Wildman–Crippen MR) is 48.1 cm³/mol. The number of piperidine rings is 1. The number of amides is 1. The average Bonchev–Trinajstić information content (AvgIpc) is 2.83. The van der Waals surface area contributed by atoms with E-state index in [-0.39, 0.29) is 18.1 Å². The fourth-order valence-electron chi connectivity index (χ4n) is 2.13. The van der Waals surface area contributed by atoms with Gasteiger partial charge in [-0.25, -0.2) is 0 Å². The van der Waals surface area contributed by atoms with Crippen molar-refractivity contribution in [2.45, 2.75) is 38.6 Å². The largest absolute Gasteiger partial charge is 0.339 e. The first kappa shape index (κ1) is 8.73. The number of rotatable bonds is 2. The lowest BCUT2D eigenvalue weighted by atomic mass is 10.1. The first-order valence-corrected chi connectivity index (χ1v) is 5.03. The van der Waals surface area contributed by atoms with Crippen LogP contribution in [0.2, 0.25) is 0 Å². The third-order valence-electron chi connectivity index (χ3n) is 3.11. The van der Waals surface area contributed by atoms with E-state index in [2.05, 4.69) is 6.92 Å². The molecule has 2 atom stereocenters. The quantitative estimate of drug-likeness (QED) is 0.595. The van der Waals surface area contributed by atoms with Crippen LogP contribution < -0.4 is 0 Å². The molecular weight excluding hydrogens is 166 g/mol. The van der Waals surface area contributed by atoms with Gasteiger partial charge >= 0.3 is 0 Å². The summed E-state index contributed by atoms with van der Waals surface area (Å²) in [6, 6.07) is 0.464. The highest BCUT2D eigenvalue weighted by molar-refractivity contribution is 6.00. The zero-order valence-corrected chi connectivity index (χ0v) is 7.95. The van der Waals surface area contributed by atoms with E-state index in [1.807, 2.05) is 4.90 Å². The summed E-state index contributed by atoms with van der Waals surface area (Å²) in [4.78, 5) is 24.3. The monoisotopic (exact) mass is 181 g/mol. The molecule has 3 nitrogen and oxygen atoms in total. The fraction of sp³-hybridized carbons (Fsp3) is 0.800. The van der Waals surface area contributed by atoms with Gasteiger partial charge in [0.1, 0.15) is 5.78 Å². The number of carbonyl (C=O) groups excluding carboxylic acids is 2. The van der Waals surface area contributed by atoms with Gasteiger partial charge in [-0.2, -0.15) is 0 Å². The molecule has 1 aliphatic carbocycles. The minimum Gasteiger partial charge on any atom is -0.339 e. The molecule has 1 saturated heterocycles. The van der Waals surface area contributed by atoms with Gasteiger partial charge in [-0.1, -0.05) is 13.3 Å². The Morgan fingerprint density at radius 1 is 1.46 bits per heavy atom. The summed E-state index contributed by atoms with van der Waals surface area (Å²) < 4.78 is 0. The molecule has 0 radical (unpaired) electrons. The van der Waals surface area contributed by atoms with E-state index in [0.717, 1.165) is 12.8 Å². The maximum atomic E-state index is 11.5. The normalized spacial score (nSPS) is 33.8. The van der Waals surface area contributed by atoms with Crippen LogP contribution in [0.3, 0.4) is 0 Å². The van der Waals surface area contributed by atoms with Crippen molar-refractivity contribution in [2.75, 3.05) is 6.54 Å². The van der Waals surface area contributed by atoms with E-state index in [9.17, 15) is 9.59 Å². The second-order valence-electron chi connectivity index (χ2n) is 4.02. The van der Waals surface area contributed by atoms with E-state index in [1.54, 1.807) is 0 Å². The van der Waals surface area contributed by atoms with Crippen molar-refractivity contribution in [3.8, 4) is 0 Å². The van der Waals surface area contributed by atoms with E-state index in [4.69, 9.17) is 0 Å². The van der Waals surface area contributed by atoms with Crippen LogP contribution in [0.4, 0.5) is 0 Å². The lowest BCUT2D eigenvalue weighted by Gasteiger charge is -2.26. The Morgan fingerprint density at radius 2 is 2.23 bits per heavy atom. The average molecular weight is 181 g/mol. The molecule has 0 aromatic carbocycles. The number of hydrogen-bond acceptors (Lipinski definition) is 2. The van der Waals surface area contributed by atoms with Gasteiger partial charge in [-0.3, -0.25) is 9.59 Å². The van der Waals surface area contributed by atoms with E-state index >= 15 is 0 Å². The van der Waals surface area contributed by atoms with Gasteiger partial charge in [0.05, 0.1) is 6.42 Å². The Hall–Kier alpha value is -0.860. The van der Waals surface area contributed by atoms with Gasteiger partial charge in [0.25, 0.3) is 0 Å². The summed E-state index contributed by atoms with van der Waals surface area (Å²) in [5.74, 6) is 0.865. The Bertz CT molecular complexity index is 249. The van der Waals surface area contributed by atoms with Crippen LogP contribution in [-0.2, 0) is 9.59 Å². The molecule has 2 fully saturated rings. The van der Waals surface area contributed by atoms with Crippen LogP contribution >= 0.6 is 0 Å². The number of nitrogens with zero attached hydrogens (tertiary/aromatic N) is 1. The standard InChI is InChI=1S/C10H15NO2/c1-2-7-5-9(7)11-4-3-8(12)6-10(11)13/h7,9H,2-6H2,1H3. The summed E-state index contributed by atoms with van der Waals surface area (Å²) in [6.07, 6.45) is 3.02. The lowest BCUT2D eigenvalue weighted by Crippen LogP contribution is -2.41. The van der Waals surface area contributed by atoms with Crippen LogP contribution in [0.1, 0.15) is 32.6 Å². The summed E-state index contributed by atoms with van der Waals surface area (Å²) in [7, 11) is 0. The van der Waals surface area contributed by atoms with Gasteiger partial charge < -0.3 is 4.90 Å². The SMILES string of the molecule is CCC1CC1N1CCC(=O)CC1=O. The fourth-order valence-corrected chi connectivity index (χ4v) is 2.13. The molecule has 0 N–H and O–H groups in total. The van der Waals surface area contributed by atoms with Crippen molar-refractivity contribution < 1.29 is 9.59 Å². The molecule has 72 valence electrons. The zero-order valence-electron chi connectivity index (χ0n) is 7.95. The van der Waals surface area contributed by atoms with Crippen LogP contribution in [0.5, 0.6) is 0 Å². The molecule has 0 aromatic rings. The highest BCUT2D eigenvalue weighted by atomic mass is 16.2. The number of carbonyl (C=O) groups is 2. The molecule has 2 rings (SSSR count). The Balaban J connectivity index is 1.94. The molecule has 0 spiro atoms. The second kappa shape index (κ2) is 3.13. The third-order valence-corrected chi connectivity index (χ3v) is 3.11. The molecule has 2 aliphatic rings. The van der Waals surface area contributed by atoms with Crippen molar-refractivity contribution in [2.24, 2.45) is 5.92 Å². The molecular formula is C10H15NO2. The molecule has 2 unspecified atom stereocenters. The van der Waals surface area contributed by atoms with Crippen molar-refractivity contribution in [3.63, 3.8) is 0 Å². The third kappa shape index (κ3) is 1.60. The van der Waals surface area contributed by atoms with Crippen molar-refractivity contribution in [1.29, 1.82) is 0 Å². The Labute approximate surface area is 78.1 Å². The number of Topliss-reactive ketones (excluding diaryl/α,β-unsaturated/α-hetero) is 1. The molecule has 1 amide bonds. The summed E-state index contributed by atoms with van der Waals surface area (Å²) in [5, 5.41) is 0. The smallest absolute Gasteiger partial charge is 0.230 e. The molecule has 1 saturated carbocycles. The van der Waals surface area contributed by atoms with Crippen LogP contribution in [0.25, 0.3) is 0 Å². The highest BCUT2D eigenvalue weighted by Gasteiger charge is 2.43. The second-order valence-corrected chi connectivity index (χ2v) is 4.02. The highest BCUT2D eigenvalue weighted by Crippen LogP contribution is 2.39. The van der Waals surface area contributed by atoms with E-state index in [1.165, 1.54) is 0 Å². The maximum Gasteiger partial charge on any atom is 0.230 e. The zero-order chi connectivity index (χ0) is 9.42. The summed E-state index contributed by atoms with van der Waals surface area (Å²) in [6.45, 7) is 2.82. The van der Waals surface area contributed by atoms with Crippen molar-refractivity contribution in [1.82, 2.24) is 4.90 Å². The predicted octanol–water partition coefficient (Wildman–Crippen LogP) is 0.976. The number of ketones is 1. The minimum absolute atomic E-state index is 0.0530. The number of likely N-dealkylation sites (tertiary alicyclic amines) is 1. The van der Waals surface area contributed by atoms with Gasteiger partial charge in [-0.15, -0.1) is 0 Å². The molecule has 1 aliphatic heterocycles. The molecule has 0 aromatic heterocycles. The van der Waals surface area contributed by atoms with E-state index in [0.29, 0.717) is 24.9 Å². The lowest BCUT2D eigenvalue weighted by molar-refractivity contribution is -0.140. The number of hydrogen-bond donors (Lipinski definition) is 0.